The number of hydrogen-bond donors (Lipinski definition) is 3. The average molecular weight is 169 g/mol. The summed E-state index contributed by atoms with van der Waals surface area (Å²) in [7, 11) is 0. The Kier molecular flexibility index (Phi) is 2.93. The fourth-order valence-electron chi connectivity index (χ4n) is 0.827. The second-order valence-electron chi connectivity index (χ2n) is 2.38. The minimum atomic E-state index is -0.274. The molecule has 1 atom stereocenters. The van der Waals surface area contributed by atoms with E-state index >= 15 is 0 Å². The maximum atomic E-state index is 8.71. The van der Waals surface area contributed by atoms with E-state index in [1.807, 2.05) is 24.3 Å². The average Bonchev–Trinajstić information content (AvgIpc) is 2.05. The molecule has 0 fully saturated rings. The molecule has 0 saturated heterocycles. The molecule has 0 bridgehead atoms. The standard InChI is InChI=1S/C8H11NOS/c9-8(5-10)6-1-3-7(11)4-2-6/h1-4,8,10-11H,5,9H2. The molecule has 0 radical (unpaired) electrons. The molecule has 0 spiro atoms. The first kappa shape index (κ1) is 8.59. The number of nitrogens with two attached hydrogens (primary N) is 1. The van der Waals surface area contributed by atoms with E-state index in [-0.39, 0.29) is 12.6 Å². The molecule has 1 aromatic carbocycles. The van der Waals surface area contributed by atoms with Crippen LogP contribution < -0.4 is 5.73 Å². The first-order valence-corrected chi connectivity index (χ1v) is 3.84. The Hall–Kier alpha value is -0.510. The van der Waals surface area contributed by atoms with Crippen LogP contribution in [0.2, 0.25) is 0 Å². The van der Waals surface area contributed by atoms with Crippen LogP contribution in [0.4, 0.5) is 0 Å². The summed E-state index contributed by atoms with van der Waals surface area (Å²) in [6, 6.07) is 7.16. The number of aliphatic hydroxyl groups excluding tert-OH is 1. The van der Waals surface area contributed by atoms with Gasteiger partial charge in [-0.1, -0.05) is 12.1 Å². The van der Waals surface area contributed by atoms with Gasteiger partial charge in [0, 0.05) is 4.90 Å². The molecule has 0 aromatic heterocycles. The van der Waals surface area contributed by atoms with Crippen molar-refractivity contribution in [3.8, 4) is 0 Å². The highest BCUT2D eigenvalue weighted by atomic mass is 32.1. The lowest BCUT2D eigenvalue weighted by molar-refractivity contribution is 0.268. The highest BCUT2D eigenvalue weighted by Gasteiger charge is 2.01. The quantitative estimate of drug-likeness (QED) is 0.578. The zero-order valence-corrected chi connectivity index (χ0v) is 6.96. The van der Waals surface area contributed by atoms with Crippen molar-refractivity contribution in [2.45, 2.75) is 10.9 Å². The van der Waals surface area contributed by atoms with E-state index in [9.17, 15) is 0 Å². The van der Waals surface area contributed by atoms with Gasteiger partial charge in [-0.15, -0.1) is 12.6 Å². The van der Waals surface area contributed by atoms with Gasteiger partial charge in [-0.05, 0) is 17.7 Å². The molecule has 0 saturated carbocycles. The van der Waals surface area contributed by atoms with Crippen LogP contribution in [0.1, 0.15) is 11.6 Å². The molecule has 3 heteroatoms. The lowest BCUT2D eigenvalue weighted by Crippen LogP contribution is -2.13. The summed E-state index contributed by atoms with van der Waals surface area (Å²) in [5, 5.41) is 8.71. The van der Waals surface area contributed by atoms with Crippen molar-refractivity contribution < 1.29 is 5.11 Å². The van der Waals surface area contributed by atoms with E-state index in [2.05, 4.69) is 12.6 Å². The zero-order chi connectivity index (χ0) is 8.27. The second-order valence-corrected chi connectivity index (χ2v) is 2.90. The Morgan fingerprint density at radius 2 is 1.91 bits per heavy atom. The number of aliphatic hydroxyl groups is 1. The van der Waals surface area contributed by atoms with Gasteiger partial charge in [0.25, 0.3) is 0 Å². The van der Waals surface area contributed by atoms with Crippen molar-refractivity contribution in [3.05, 3.63) is 29.8 Å². The second kappa shape index (κ2) is 3.76. The molecular weight excluding hydrogens is 158 g/mol. The van der Waals surface area contributed by atoms with Crippen LogP contribution in [0.3, 0.4) is 0 Å². The molecule has 1 aromatic rings. The van der Waals surface area contributed by atoms with Crippen molar-refractivity contribution in [1.29, 1.82) is 0 Å². The van der Waals surface area contributed by atoms with E-state index in [0.717, 1.165) is 10.5 Å². The van der Waals surface area contributed by atoms with Gasteiger partial charge in [0.1, 0.15) is 0 Å². The SMILES string of the molecule is NC(CO)c1ccc(S)cc1. The molecule has 2 nitrogen and oxygen atoms in total. The van der Waals surface area contributed by atoms with Crippen molar-refractivity contribution in [2.24, 2.45) is 5.73 Å². The summed E-state index contributed by atoms with van der Waals surface area (Å²) in [6.07, 6.45) is 0. The van der Waals surface area contributed by atoms with Crippen LogP contribution >= 0.6 is 12.6 Å². The summed E-state index contributed by atoms with van der Waals surface area (Å²) in [4.78, 5) is 0.902. The van der Waals surface area contributed by atoms with Gasteiger partial charge in [0.2, 0.25) is 0 Å². The van der Waals surface area contributed by atoms with Gasteiger partial charge >= 0.3 is 0 Å². The smallest absolute Gasteiger partial charge is 0.0624 e. The Labute approximate surface area is 71.5 Å². The summed E-state index contributed by atoms with van der Waals surface area (Å²) < 4.78 is 0. The monoisotopic (exact) mass is 169 g/mol. The third-order valence-corrected chi connectivity index (χ3v) is 1.82. The van der Waals surface area contributed by atoms with Crippen LogP contribution in [0, 0.1) is 0 Å². The lowest BCUT2D eigenvalue weighted by atomic mass is 10.1. The Morgan fingerprint density at radius 1 is 1.36 bits per heavy atom. The molecule has 0 aliphatic rings. The first-order chi connectivity index (χ1) is 5.24. The third kappa shape index (κ3) is 2.22. The van der Waals surface area contributed by atoms with Crippen molar-refractivity contribution in [3.63, 3.8) is 0 Å². The van der Waals surface area contributed by atoms with Gasteiger partial charge < -0.3 is 10.8 Å². The van der Waals surface area contributed by atoms with Crippen LogP contribution in [0.15, 0.2) is 29.2 Å². The van der Waals surface area contributed by atoms with E-state index in [4.69, 9.17) is 10.8 Å². The molecule has 0 heterocycles. The van der Waals surface area contributed by atoms with E-state index in [1.54, 1.807) is 0 Å². The normalized spacial score (nSPS) is 13.0. The molecule has 1 rings (SSSR count). The summed E-state index contributed by atoms with van der Waals surface area (Å²) >= 11 is 4.13. The maximum Gasteiger partial charge on any atom is 0.0624 e. The number of rotatable bonds is 2. The topological polar surface area (TPSA) is 46.2 Å². The molecule has 1 unspecified atom stereocenters. The van der Waals surface area contributed by atoms with Gasteiger partial charge in [-0.25, -0.2) is 0 Å². The summed E-state index contributed by atoms with van der Waals surface area (Å²) in [5.74, 6) is 0. The fraction of sp³-hybridized carbons (Fsp3) is 0.250. The number of thiol groups is 1. The predicted octanol–water partition coefficient (Wildman–Crippen LogP) is 0.967. The van der Waals surface area contributed by atoms with Gasteiger partial charge in [0.15, 0.2) is 0 Å². The van der Waals surface area contributed by atoms with Crippen molar-refractivity contribution in [1.82, 2.24) is 0 Å². The van der Waals surface area contributed by atoms with E-state index in [1.165, 1.54) is 0 Å². The molecule has 11 heavy (non-hydrogen) atoms. The fourth-order valence-corrected chi connectivity index (χ4v) is 0.976. The Bertz CT molecular complexity index is 222. The predicted molar refractivity (Wildman–Crippen MR) is 47.7 cm³/mol. The Morgan fingerprint density at radius 3 is 2.36 bits per heavy atom. The van der Waals surface area contributed by atoms with E-state index < -0.39 is 0 Å². The molecule has 0 amide bonds. The molecule has 3 N–H and O–H groups in total. The highest BCUT2D eigenvalue weighted by molar-refractivity contribution is 7.80. The van der Waals surface area contributed by atoms with Crippen molar-refractivity contribution in [2.75, 3.05) is 6.61 Å². The minimum Gasteiger partial charge on any atom is -0.394 e. The first-order valence-electron chi connectivity index (χ1n) is 3.39. The lowest BCUT2D eigenvalue weighted by Gasteiger charge is -2.07. The van der Waals surface area contributed by atoms with Crippen LogP contribution in [0.25, 0.3) is 0 Å². The largest absolute Gasteiger partial charge is 0.394 e. The summed E-state index contributed by atoms with van der Waals surface area (Å²) in [5.41, 5.74) is 6.50. The van der Waals surface area contributed by atoms with Crippen molar-refractivity contribution >= 4 is 12.6 Å². The molecule has 0 aliphatic heterocycles. The van der Waals surface area contributed by atoms with Gasteiger partial charge in [-0.3, -0.25) is 0 Å². The zero-order valence-electron chi connectivity index (χ0n) is 6.07. The van der Waals surface area contributed by atoms with Crippen LogP contribution in [-0.2, 0) is 0 Å². The van der Waals surface area contributed by atoms with Crippen LogP contribution in [-0.4, -0.2) is 11.7 Å². The summed E-state index contributed by atoms with van der Waals surface area (Å²) in [6.45, 7) is -0.0219. The molecular formula is C8H11NOS. The van der Waals surface area contributed by atoms with Gasteiger partial charge in [-0.2, -0.15) is 0 Å². The Balaban J connectivity index is 2.81. The minimum absolute atomic E-state index is 0.0219. The highest BCUT2D eigenvalue weighted by Crippen LogP contribution is 2.12. The van der Waals surface area contributed by atoms with Gasteiger partial charge in [0.05, 0.1) is 12.6 Å². The van der Waals surface area contributed by atoms with Crippen LogP contribution in [0.5, 0.6) is 0 Å². The maximum absolute atomic E-state index is 8.71. The molecule has 60 valence electrons. The number of hydrogen-bond acceptors (Lipinski definition) is 3. The third-order valence-electron chi connectivity index (χ3n) is 1.52. The van der Waals surface area contributed by atoms with E-state index in [0.29, 0.717) is 0 Å². The molecule has 0 aliphatic carbocycles. The number of benzene rings is 1.